The summed E-state index contributed by atoms with van der Waals surface area (Å²) in [5, 5.41) is 3.60. The third-order valence-corrected chi connectivity index (χ3v) is 7.02. The van der Waals surface area contributed by atoms with Crippen LogP contribution in [0, 0.1) is 0 Å². The third-order valence-electron chi connectivity index (χ3n) is 4.40. The highest BCUT2D eigenvalue weighted by molar-refractivity contribution is 7.89. The van der Waals surface area contributed by atoms with Crippen LogP contribution in [0.4, 0.5) is 0 Å². The summed E-state index contributed by atoms with van der Waals surface area (Å²) in [7, 11) is -3.80. The molecule has 0 radical (unpaired) electrons. The lowest BCUT2D eigenvalue weighted by Gasteiger charge is -2.31. The van der Waals surface area contributed by atoms with Crippen LogP contribution in [0.25, 0.3) is 0 Å². The van der Waals surface area contributed by atoms with Crippen molar-refractivity contribution >= 4 is 39.1 Å². The predicted molar refractivity (Wildman–Crippen MR) is 108 cm³/mol. The maximum Gasteiger partial charge on any atom is 0.250 e. The average molecular weight is 443 g/mol. The highest BCUT2D eigenvalue weighted by Gasteiger charge is 2.34. The Labute approximate surface area is 174 Å². The molecule has 0 bridgehead atoms. The fourth-order valence-corrected chi connectivity index (χ4v) is 4.93. The van der Waals surface area contributed by atoms with Gasteiger partial charge in [-0.2, -0.15) is 4.31 Å². The number of amides is 1. The number of sulfonamides is 1. The summed E-state index contributed by atoms with van der Waals surface area (Å²) in [4.78, 5) is 12.4. The molecule has 0 saturated carbocycles. The molecule has 1 N–H and O–H groups in total. The standard InChI is InChI=1S/C19H20Cl2N2O4S/c20-15-7-5-14(6-8-15)9-10-22-19(24)17-13-23(11-12-27-17)28(25,26)18-4-2-1-3-16(18)21/h1-8,17H,9-13H2,(H,22,24). The summed E-state index contributed by atoms with van der Waals surface area (Å²) in [5.41, 5.74) is 1.04. The van der Waals surface area contributed by atoms with E-state index in [0.717, 1.165) is 5.56 Å². The molecule has 28 heavy (non-hydrogen) atoms. The van der Waals surface area contributed by atoms with E-state index in [1.54, 1.807) is 24.3 Å². The number of morpholine rings is 1. The maximum atomic E-state index is 12.8. The second kappa shape index (κ2) is 9.24. The van der Waals surface area contributed by atoms with E-state index in [2.05, 4.69) is 5.32 Å². The van der Waals surface area contributed by atoms with Gasteiger partial charge in [-0.05, 0) is 36.2 Å². The van der Waals surface area contributed by atoms with Crippen LogP contribution in [0.5, 0.6) is 0 Å². The Hall–Kier alpha value is -1.64. The number of nitrogens with one attached hydrogen (secondary N) is 1. The normalized spacial score (nSPS) is 18.0. The van der Waals surface area contributed by atoms with E-state index in [9.17, 15) is 13.2 Å². The molecule has 0 aliphatic carbocycles. The number of carbonyl (C=O) groups excluding carboxylic acids is 1. The van der Waals surface area contributed by atoms with Crippen LogP contribution in [0.2, 0.25) is 10.0 Å². The van der Waals surface area contributed by atoms with Gasteiger partial charge in [0.1, 0.15) is 11.0 Å². The van der Waals surface area contributed by atoms with Crippen molar-refractivity contribution < 1.29 is 17.9 Å². The molecule has 150 valence electrons. The van der Waals surface area contributed by atoms with Crippen LogP contribution < -0.4 is 5.32 Å². The molecule has 3 rings (SSSR count). The zero-order chi connectivity index (χ0) is 20.1. The Bertz CT molecular complexity index is 935. The first-order chi connectivity index (χ1) is 13.4. The Kier molecular flexibility index (Phi) is 6.95. The Morgan fingerprint density at radius 2 is 1.86 bits per heavy atom. The minimum atomic E-state index is -3.80. The number of hydrogen-bond acceptors (Lipinski definition) is 4. The molecule has 1 aliphatic heterocycles. The summed E-state index contributed by atoms with van der Waals surface area (Å²) < 4.78 is 32.4. The molecule has 2 aromatic carbocycles. The average Bonchev–Trinajstić information content (AvgIpc) is 2.69. The Morgan fingerprint density at radius 1 is 1.14 bits per heavy atom. The first-order valence-electron chi connectivity index (χ1n) is 8.76. The molecule has 6 nitrogen and oxygen atoms in total. The van der Waals surface area contributed by atoms with Crippen LogP contribution in [-0.4, -0.2) is 51.0 Å². The number of halogens is 2. The van der Waals surface area contributed by atoms with Gasteiger partial charge in [-0.3, -0.25) is 4.79 Å². The fourth-order valence-electron chi connectivity index (χ4n) is 2.89. The van der Waals surface area contributed by atoms with Crippen LogP contribution in [0.3, 0.4) is 0 Å². The van der Waals surface area contributed by atoms with Crippen molar-refractivity contribution in [3.05, 3.63) is 64.1 Å². The second-order valence-electron chi connectivity index (χ2n) is 6.32. The number of rotatable bonds is 6. The number of carbonyl (C=O) groups is 1. The van der Waals surface area contributed by atoms with E-state index in [1.807, 2.05) is 12.1 Å². The molecular formula is C19H20Cl2N2O4S. The quantitative estimate of drug-likeness (QED) is 0.745. The summed E-state index contributed by atoms with van der Waals surface area (Å²) in [6.45, 7) is 0.666. The topological polar surface area (TPSA) is 75.7 Å². The van der Waals surface area contributed by atoms with Crippen LogP contribution in [0.1, 0.15) is 5.56 Å². The number of nitrogens with zero attached hydrogens (tertiary/aromatic N) is 1. The smallest absolute Gasteiger partial charge is 0.250 e. The van der Waals surface area contributed by atoms with Gasteiger partial charge < -0.3 is 10.1 Å². The van der Waals surface area contributed by atoms with Gasteiger partial charge in [-0.25, -0.2) is 8.42 Å². The fraction of sp³-hybridized carbons (Fsp3) is 0.316. The maximum absolute atomic E-state index is 12.8. The largest absolute Gasteiger partial charge is 0.366 e. The van der Waals surface area contributed by atoms with Gasteiger partial charge in [-0.15, -0.1) is 0 Å². The van der Waals surface area contributed by atoms with Gasteiger partial charge in [0.15, 0.2) is 0 Å². The molecule has 1 amide bonds. The van der Waals surface area contributed by atoms with Crippen molar-refractivity contribution in [3.63, 3.8) is 0 Å². The summed E-state index contributed by atoms with van der Waals surface area (Å²) >= 11 is 11.9. The summed E-state index contributed by atoms with van der Waals surface area (Å²) in [6.07, 6.45) is -0.228. The molecule has 9 heteroatoms. The minimum Gasteiger partial charge on any atom is -0.366 e. The molecule has 1 heterocycles. The van der Waals surface area contributed by atoms with Crippen molar-refractivity contribution in [3.8, 4) is 0 Å². The third kappa shape index (κ3) is 5.04. The zero-order valence-corrected chi connectivity index (χ0v) is 17.3. The van der Waals surface area contributed by atoms with Crippen LogP contribution in [0.15, 0.2) is 53.4 Å². The lowest BCUT2D eigenvalue weighted by Crippen LogP contribution is -2.51. The molecule has 2 aromatic rings. The Morgan fingerprint density at radius 3 is 2.57 bits per heavy atom. The van der Waals surface area contributed by atoms with Gasteiger partial charge in [-0.1, -0.05) is 47.5 Å². The first-order valence-corrected chi connectivity index (χ1v) is 11.0. The van der Waals surface area contributed by atoms with Crippen molar-refractivity contribution in [2.24, 2.45) is 0 Å². The first kappa shape index (κ1) is 21.1. The van der Waals surface area contributed by atoms with Gasteiger partial charge in [0, 0.05) is 24.7 Å². The SMILES string of the molecule is O=C(NCCc1ccc(Cl)cc1)C1CN(S(=O)(=O)c2ccccc2Cl)CCO1. The van der Waals surface area contributed by atoms with Crippen molar-refractivity contribution in [2.45, 2.75) is 17.4 Å². The van der Waals surface area contributed by atoms with Gasteiger partial charge in [0.2, 0.25) is 10.0 Å². The summed E-state index contributed by atoms with van der Waals surface area (Å²) in [6, 6.07) is 13.6. The molecule has 0 aromatic heterocycles. The highest BCUT2D eigenvalue weighted by atomic mass is 35.5. The van der Waals surface area contributed by atoms with E-state index < -0.39 is 16.1 Å². The van der Waals surface area contributed by atoms with Crippen LogP contribution >= 0.6 is 23.2 Å². The minimum absolute atomic E-state index is 0.0282. The van der Waals surface area contributed by atoms with Crippen LogP contribution in [-0.2, 0) is 26.0 Å². The number of ether oxygens (including phenoxy) is 1. The molecule has 1 unspecified atom stereocenters. The molecular weight excluding hydrogens is 423 g/mol. The zero-order valence-electron chi connectivity index (χ0n) is 15.0. The highest BCUT2D eigenvalue weighted by Crippen LogP contribution is 2.25. The molecule has 1 saturated heterocycles. The van der Waals surface area contributed by atoms with E-state index in [4.69, 9.17) is 27.9 Å². The monoisotopic (exact) mass is 442 g/mol. The van der Waals surface area contributed by atoms with E-state index in [1.165, 1.54) is 16.4 Å². The van der Waals surface area contributed by atoms with Crippen molar-refractivity contribution in [2.75, 3.05) is 26.2 Å². The molecule has 1 aliphatic rings. The summed E-state index contributed by atoms with van der Waals surface area (Å²) in [5.74, 6) is -0.340. The Balaban J connectivity index is 1.59. The van der Waals surface area contributed by atoms with E-state index in [-0.39, 0.29) is 35.5 Å². The van der Waals surface area contributed by atoms with Gasteiger partial charge in [0.05, 0.1) is 11.6 Å². The lowest BCUT2D eigenvalue weighted by molar-refractivity contribution is -0.136. The van der Waals surface area contributed by atoms with Gasteiger partial charge >= 0.3 is 0 Å². The van der Waals surface area contributed by atoms with Crippen molar-refractivity contribution in [1.82, 2.24) is 9.62 Å². The molecule has 1 atom stereocenters. The number of benzene rings is 2. The van der Waals surface area contributed by atoms with E-state index in [0.29, 0.717) is 18.0 Å². The lowest BCUT2D eigenvalue weighted by atomic mass is 10.1. The van der Waals surface area contributed by atoms with E-state index >= 15 is 0 Å². The second-order valence-corrected chi connectivity index (χ2v) is 9.07. The molecule has 1 fully saturated rings. The molecule has 0 spiro atoms. The van der Waals surface area contributed by atoms with Gasteiger partial charge in [0.25, 0.3) is 5.91 Å². The number of hydrogen-bond donors (Lipinski definition) is 1. The predicted octanol–water partition coefficient (Wildman–Crippen LogP) is 2.74. The van der Waals surface area contributed by atoms with Crippen molar-refractivity contribution in [1.29, 1.82) is 0 Å².